The van der Waals surface area contributed by atoms with Crippen LogP contribution < -0.4 is 5.32 Å². The van der Waals surface area contributed by atoms with Crippen LogP contribution in [0, 0.1) is 5.41 Å². The van der Waals surface area contributed by atoms with Crippen molar-refractivity contribution in [1.29, 1.82) is 0 Å². The maximum absolute atomic E-state index is 6.62. The first kappa shape index (κ1) is 15.3. The van der Waals surface area contributed by atoms with Crippen LogP contribution in [-0.2, 0) is 4.74 Å². The summed E-state index contributed by atoms with van der Waals surface area (Å²) in [7, 11) is 0. The van der Waals surface area contributed by atoms with Crippen molar-refractivity contribution in [2.24, 2.45) is 5.41 Å². The van der Waals surface area contributed by atoms with Gasteiger partial charge in [-0.25, -0.2) is 0 Å². The highest BCUT2D eigenvalue weighted by molar-refractivity contribution is 4.91. The molecule has 1 N–H and O–H groups in total. The summed E-state index contributed by atoms with van der Waals surface area (Å²) in [6, 6.07) is 0.561. The van der Waals surface area contributed by atoms with Crippen molar-refractivity contribution >= 4 is 0 Å². The second-order valence-corrected chi connectivity index (χ2v) is 7.91. The minimum Gasteiger partial charge on any atom is -0.370 e. The average Bonchev–Trinajstić information content (AvgIpc) is 2.79. The quantitative estimate of drug-likeness (QED) is 0.802. The summed E-state index contributed by atoms with van der Waals surface area (Å²) in [6.45, 7) is 10.3. The average molecular weight is 267 g/mol. The van der Waals surface area contributed by atoms with E-state index in [0.717, 1.165) is 6.54 Å². The molecule has 2 aliphatic rings. The van der Waals surface area contributed by atoms with Crippen molar-refractivity contribution in [2.75, 3.05) is 6.54 Å². The molecule has 0 aliphatic heterocycles. The summed E-state index contributed by atoms with van der Waals surface area (Å²) in [5, 5.41) is 3.61. The minimum absolute atomic E-state index is 0.149. The first-order chi connectivity index (χ1) is 8.91. The van der Waals surface area contributed by atoms with Gasteiger partial charge in [0, 0.05) is 12.6 Å². The van der Waals surface area contributed by atoms with Gasteiger partial charge in [0.05, 0.1) is 11.7 Å². The van der Waals surface area contributed by atoms with Crippen LogP contribution in [0.4, 0.5) is 0 Å². The van der Waals surface area contributed by atoms with Gasteiger partial charge in [-0.05, 0) is 43.9 Å². The van der Waals surface area contributed by atoms with Gasteiger partial charge >= 0.3 is 0 Å². The highest BCUT2D eigenvalue weighted by Crippen LogP contribution is 2.40. The Morgan fingerprint density at radius 2 is 1.63 bits per heavy atom. The maximum Gasteiger partial charge on any atom is 0.0810 e. The Bertz CT molecular complexity index is 269. The van der Waals surface area contributed by atoms with E-state index in [0.29, 0.717) is 17.6 Å². The van der Waals surface area contributed by atoms with Gasteiger partial charge in [0.1, 0.15) is 0 Å². The molecule has 0 aromatic carbocycles. The maximum atomic E-state index is 6.62. The van der Waals surface area contributed by atoms with E-state index in [9.17, 15) is 0 Å². The molecule has 0 aromatic rings. The normalized spacial score (nSPS) is 27.0. The highest BCUT2D eigenvalue weighted by Gasteiger charge is 2.38. The van der Waals surface area contributed by atoms with Gasteiger partial charge in [-0.2, -0.15) is 0 Å². The van der Waals surface area contributed by atoms with Crippen LogP contribution in [0.3, 0.4) is 0 Å². The summed E-state index contributed by atoms with van der Waals surface area (Å²) in [5.41, 5.74) is 0.690. The number of rotatable bonds is 5. The molecule has 0 atom stereocenters. The van der Waals surface area contributed by atoms with Gasteiger partial charge in [-0.1, -0.05) is 40.5 Å². The van der Waals surface area contributed by atoms with E-state index in [2.05, 4.69) is 33.0 Å². The predicted octanol–water partition coefficient (Wildman–Crippen LogP) is 4.28. The smallest absolute Gasteiger partial charge is 0.0810 e. The second kappa shape index (κ2) is 6.13. The molecular weight excluding hydrogens is 234 g/mol. The van der Waals surface area contributed by atoms with E-state index < -0.39 is 0 Å². The number of ether oxygens (including phenoxy) is 1. The fourth-order valence-electron chi connectivity index (χ4n) is 3.59. The molecule has 2 rings (SSSR count). The van der Waals surface area contributed by atoms with E-state index in [1.807, 2.05) is 0 Å². The monoisotopic (exact) mass is 267 g/mol. The summed E-state index contributed by atoms with van der Waals surface area (Å²) in [5.74, 6) is 0. The molecule has 0 saturated heterocycles. The summed E-state index contributed by atoms with van der Waals surface area (Å²) < 4.78 is 6.62. The largest absolute Gasteiger partial charge is 0.370 e. The van der Waals surface area contributed by atoms with E-state index in [1.165, 1.54) is 51.4 Å². The third kappa shape index (κ3) is 4.46. The van der Waals surface area contributed by atoms with E-state index in [-0.39, 0.29) is 5.60 Å². The number of nitrogens with one attached hydrogen (secondary N) is 1. The van der Waals surface area contributed by atoms with Crippen LogP contribution in [0.2, 0.25) is 0 Å². The summed E-state index contributed by atoms with van der Waals surface area (Å²) in [4.78, 5) is 0. The van der Waals surface area contributed by atoms with Crippen molar-refractivity contribution in [3.63, 3.8) is 0 Å². The zero-order valence-corrected chi connectivity index (χ0v) is 13.4. The molecule has 0 unspecified atom stereocenters. The standard InChI is InChI=1S/C17H33NO/c1-14(2)18-13-17(9-5-6-10-17)19-15-7-11-16(3,4)12-8-15/h14-15,18H,5-13H2,1-4H3. The first-order valence-electron chi connectivity index (χ1n) is 8.32. The predicted molar refractivity (Wildman–Crippen MR) is 81.5 cm³/mol. The molecule has 0 heterocycles. The fraction of sp³-hybridized carbons (Fsp3) is 1.00. The van der Waals surface area contributed by atoms with Gasteiger partial charge in [0.2, 0.25) is 0 Å². The van der Waals surface area contributed by atoms with Gasteiger partial charge < -0.3 is 10.1 Å². The van der Waals surface area contributed by atoms with Crippen molar-refractivity contribution in [3.8, 4) is 0 Å². The molecule has 2 fully saturated rings. The van der Waals surface area contributed by atoms with Crippen LogP contribution in [0.1, 0.15) is 79.1 Å². The lowest BCUT2D eigenvalue weighted by atomic mass is 9.76. The van der Waals surface area contributed by atoms with Gasteiger partial charge in [-0.3, -0.25) is 0 Å². The zero-order chi connectivity index (χ0) is 13.9. The fourth-order valence-corrected chi connectivity index (χ4v) is 3.59. The van der Waals surface area contributed by atoms with Crippen LogP contribution in [0.5, 0.6) is 0 Å². The van der Waals surface area contributed by atoms with Crippen molar-refractivity contribution < 1.29 is 4.74 Å². The van der Waals surface area contributed by atoms with Crippen LogP contribution in [-0.4, -0.2) is 24.3 Å². The van der Waals surface area contributed by atoms with Crippen LogP contribution >= 0.6 is 0 Å². The minimum atomic E-state index is 0.149. The number of hydrogen-bond acceptors (Lipinski definition) is 2. The van der Waals surface area contributed by atoms with E-state index >= 15 is 0 Å². The SMILES string of the molecule is CC(C)NCC1(OC2CCC(C)(C)CC2)CCCC1. The summed E-state index contributed by atoms with van der Waals surface area (Å²) in [6.07, 6.45) is 10.9. The van der Waals surface area contributed by atoms with Gasteiger partial charge in [0.25, 0.3) is 0 Å². The molecule has 0 bridgehead atoms. The lowest BCUT2D eigenvalue weighted by Gasteiger charge is -2.40. The molecular formula is C17H33NO. The third-order valence-electron chi connectivity index (χ3n) is 5.05. The Hall–Kier alpha value is -0.0800. The lowest BCUT2D eigenvalue weighted by Crippen LogP contribution is -2.46. The van der Waals surface area contributed by atoms with Crippen LogP contribution in [0.25, 0.3) is 0 Å². The summed E-state index contributed by atoms with van der Waals surface area (Å²) >= 11 is 0. The molecule has 0 amide bonds. The molecule has 2 heteroatoms. The van der Waals surface area contributed by atoms with Gasteiger partial charge in [0.15, 0.2) is 0 Å². The molecule has 0 radical (unpaired) electrons. The van der Waals surface area contributed by atoms with E-state index in [1.54, 1.807) is 0 Å². The Balaban J connectivity index is 1.87. The number of hydrogen-bond donors (Lipinski definition) is 1. The molecule has 2 aliphatic carbocycles. The molecule has 2 nitrogen and oxygen atoms in total. The highest BCUT2D eigenvalue weighted by atomic mass is 16.5. The molecule has 19 heavy (non-hydrogen) atoms. The Morgan fingerprint density at radius 1 is 1.05 bits per heavy atom. The zero-order valence-electron chi connectivity index (χ0n) is 13.4. The first-order valence-corrected chi connectivity index (χ1v) is 8.32. The molecule has 0 aromatic heterocycles. The van der Waals surface area contributed by atoms with E-state index in [4.69, 9.17) is 4.74 Å². The van der Waals surface area contributed by atoms with Crippen molar-refractivity contribution in [1.82, 2.24) is 5.32 Å². The third-order valence-corrected chi connectivity index (χ3v) is 5.05. The molecule has 0 spiro atoms. The van der Waals surface area contributed by atoms with Crippen molar-refractivity contribution in [2.45, 2.75) is 96.8 Å². The van der Waals surface area contributed by atoms with Gasteiger partial charge in [-0.15, -0.1) is 0 Å². The second-order valence-electron chi connectivity index (χ2n) is 7.91. The topological polar surface area (TPSA) is 21.3 Å². The Morgan fingerprint density at radius 3 is 2.16 bits per heavy atom. The van der Waals surface area contributed by atoms with Crippen molar-refractivity contribution in [3.05, 3.63) is 0 Å². The van der Waals surface area contributed by atoms with Crippen LogP contribution in [0.15, 0.2) is 0 Å². The molecule has 2 saturated carbocycles. The lowest BCUT2D eigenvalue weighted by molar-refractivity contribution is -0.110. The Labute approximate surface area is 119 Å². The molecule has 112 valence electrons. The Kier molecular flexibility index (Phi) is 4.94.